The molecular weight excluding hydrogens is 551 g/mol. The maximum Gasteiger partial charge on any atom is 0.387 e. The van der Waals surface area contributed by atoms with Crippen LogP contribution in [-0.4, -0.2) is 65.8 Å². The molecule has 2 aromatic carbocycles. The van der Waals surface area contributed by atoms with Gasteiger partial charge in [-0.3, -0.25) is 10.1 Å². The van der Waals surface area contributed by atoms with Crippen LogP contribution in [0.3, 0.4) is 0 Å². The highest BCUT2D eigenvalue weighted by molar-refractivity contribution is 6.42. The highest BCUT2D eigenvalue weighted by Crippen LogP contribution is 2.28. The van der Waals surface area contributed by atoms with Crippen LogP contribution >= 0.6 is 23.2 Å². The van der Waals surface area contributed by atoms with E-state index in [1.54, 1.807) is 29.2 Å². The average Bonchev–Trinajstić information content (AvgIpc) is 3.36. The number of nitriles is 1. The number of alkyl halides is 2. The molecule has 4 rings (SSSR count). The molecule has 2 heterocycles. The molecule has 0 spiro atoms. The number of hydrogen-bond donors (Lipinski definition) is 2. The van der Waals surface area contributed by atoms with Crippen LogP contribution in [0.15, 0.2) is 52.6 Å². The molecule has 2 aliphatic heterocycles. The third kappa shape index (κ3) is 6.95. The maximum absolute atomic E-state index is 13.6. The zero-order valence-corrected chi connectivity index (χ0v) is 22.6. The van der Waals surface area contributed by atoms with Crippen molar-refractivity contribution in [1.29, 1.82) is 5.26 Å². The van der Waals surface area contributed by atoms with Gasteiger partial charge >= 0.3 is 6.61 Å². The van der Waals surface area contributed by atoms with Gasteiger partial charge in [0.2, 0.25) is 11.9 Å². The van der Waals surface area contributed by atoms with Gasteiger partial charge in [0.15, 0.2) is 6.19 Å². The van der Waals surface area contributed by atoms with Crippen molar-refractivity contribution in [1.82, 2.24) is 20.5 Å². The third-order valence-corrected chi connectivity index (χ3v) is 7.14. The van der Waals surface area contributed by atoms with Gasteiger partial charge in [-0.25, -0.2) is 10.0 Å². The van der Waals surface area contributed by atoms with Crippen LogP contribution in [0.4, 0.5) is 14.5 Å². The monoisotopic (exact) mass is 577 g/mol. The van der Waals surface area contributed by atoms with Crippen LogP contribution in [0.5, 0.6) is 5.75 Å². The van der Waals surface area contributed by atoms with E-state index >= 15 is 0 Å². The van der Waals surface area contributed by atoms with Gasteiger partial charge in [-0.05, 0) is 50.6 Å². The van der Waals surface area contributed by atoms with Crippen molar-refractivity contribution in [3.63, 3.8) is 0 Å². The third-order valence-electron chi connectivity index (χ3n) is 6.40. The van der Waals surface area contributed by atoms with E-state index in [1.807, 2.05) is 13.1 Å². The van der Waals surface area contributed by atoms with Crippen LogP contribution in [0.1, 0.15) is 31.7 Å². The Morgan fingerprint density at radius 1 is 1.31 bits per heavy atom. The molecule has 1 unspecified atom stereocenters. The highest BCUT2D eigenvalue weighted by Gasteiger charge is 2.38. The molecule has 9 nitrogen and oxygen atoms in total. The Morgan fingerprint density at radius 3 is 2.79 bits per heavy atom. The molecule has 39 heavy (non-hydrogen) atoms. The fraction of sp³-hybridized carbons (Fsp3) is 0.385. The minimum absolute atomic E-state index is 0.0413. The largest absolute Gasteiger partial charge is 0.435 e. The lowest BCUT2D eigenvalue weighted by atomic mass is 9.99. The Bertz CT molecular complexity index is 1300. The minimum atomic E-state index is -2.99. The van der Waals surface area contributed by atoms with E-state index in [9.17, 15) is 18.8 Å². The predicted octanol–water partition coefficient (Wildman–Crippen LogP) is 4.73. The van der Waals surface area contributed by atoms with Crippen molar-refractivity contribution in [2.24, 2.45) is 10.1 Å². The van der Waals surface area contributed by atoms with E-state index in [1.165, 1.54) is 23.2 Å². The summed E-state index contributed by atoms with van der Waals surface area (Å²) in [5.41, 5.74) is 1.46. The zero-order valence-electron chi connectivity index (χ0n) is 21.1. The van der Waals surface area contributed by atoms with Crippen LogP contribution in [0.2, 0.25) is 10.0 Å². The fourth-order valence-corrected chi connectivity index (χ4v) is 4.92. The zero-order chi connectivity index (χ0) is 27.9. The number of hydrazone groups is 1. The second-order valence-electron chi connectivity index (χ2n) is 8.89. The maximum atomic E-state index is 13.6. The number of amides is 1. The second-order valence-corrected chi connectivity index (χ2v) is 9.70. The number of rotatable bonds is 7. The number of carbonyl (C=O) groups excluding carboxylic acids is 1. The van der Waals surface area contributed by atoms with Crippen molar-refractivity contribution >= 4 is 46.5 Å². The van der Waals surface area contributed by atoms with Crippen molar-refractivity contribution in [2.45, 2.75) is 44.9 Å². The molecule has 2 N–H and O–H groups in total. The molecule has 0 saturated carbocycles. The molecule has 2 aliphatic rings. The Morgan fingerprint density at radius 2 is 2.13 bits per heavy atom. The first-order valence-electron chi connectivity index (χ1n) is 12.4. The smallest absolute Gasteiger partial charge is 0.387 e. The van der Waals surface area contributed by atoms with Gasteiger partial charge in [-0.15, -0.1) is 0 Å². The summed E-state index contributed by atoms with van der Waals surface area (Å²) < 4.78 is 29.9. The number of piperidine rings is 1. The Labute approximate surface area is 235 Å². The number of benzene rings is 2. The summed E-state index contributed by atoms with van der Waals surface area (Å²) in [4.78, 5) is 19.8. The average molecular weight is 578 g/mol. The van der Waals surface area contributed by atoms with Crippen molar-refractivity contribution in [3.05, 3.63) is 58.1 Å². The van der Waals surface area contributed by atoms with Gasteiger partial charge in [0.05, 0.1) is 40.1 Å². The summed E-state index contributed by atoms with van der Waals surface area (Å²) >= 11 is 12.5. The van der Waals surface area contributed by atoms with Gasteiger partial charge < -0.3 is 15.0 Å². The summed E-state index contributed by atoms with van der Waals surface area (Å²) in [5.74, 6) is -0.0731. The molecule has 1 amide bonds. The van der Waals surface area contributed by atoms with E-state index in [2.05, 4.69) is 20.4 Å². The highest BCUT2D eigenvalue weighted by atomic mass is 35.5. The van der Waals surface area contributed by atoms with Crippen LogP contribution < -0.4 is 15.4 Å². The SMILES string of the molecule is CCN(C(=O)[C@H]1CCCCN1)C1CN(C(=Nc2cccc(OC(F)F)c2)NC#N)N=C1c1ccc(Cl)c(Cl)c1. The number of ether oxygens (including phenoxy) is 1. The number of hydrogen-bond acceptors (Lipinski definition) is 6. The van der Waals surface area contributed by atoms with Crippen LogP contribution in [-0.2, 0) is 4.79 Å². The first-order chi connectivity index (χ1) is 18.8. The van der Waals surface area contributed by atoms with Gasteiger partial charge in [-0.2, -0.15) is 19.1 Å². The number of guanidine groups is 1. The molecule has 0 radical (unpaired) electrons. The molecular formula is C26H27Cl2F2N7O2. The predicted molar refractivity (Wildman–Crippen MR) is 145 cm³/mol. The lowest BCUT2D eigenvalue weighted by Crippen LogP contribution is -2.55. The quantitative estimate of drug-likeness (QED) is 0.213. The summed E-state index contributed by atoms with van der Waals surface area (Å²) in [6.45, 7) is 0.279. The molecule has 0 bridgehead atoms. The van der Waals surface area contributed by atoms with Crippen molar-refractivity contribution < 1.29 is 18.3 Å². The summed E-state index contributed by atoms with van der Waals surface area (Å²) in [6.07, 6.45) is 4.57. The molecule has 0 aromatic heterocycles. The molecule has 1 saturated heterocycles. The molecule has 206 valence electrons. The topological polar surface area (TPSA) is 105 Å². The first kappa shape index (κ1) is 28.5. The van der Waals surface area contributed by atoms with Crippen LogP contribution in [0, 0.1) is 11.5 Å². The molecule has 13 heteroatoms. The second kappa shape index (κ2) is 13.1. The van der Waals surface area contributed by atoms with Gasteiger partial charge in [0, 0.05) is 18.2 Å². The minimum Gasteiger partial charge on any atom is -0.435 e. The number of halogens is 4. The molecule has 0 aliphatic carbocycles. The number of nitrogens with one attached hydrogen (secondary N) is 2. The van der Waals surface area contributed by atoms with Crippen molar-refractivity contribution in [3.8, 4) is 11.9 Å². The summed E-state index contributed by atoms with van der Waals surface area (Å²) in [6, 6.07) is 10.1. The molecule has 2 atom stereocenters. The van der Waals surface area contributed by atoms with Gasteiger partial charge in [0.25, 0.3) is 0 Å². The Kier molecular flexibility index (Phi) is 9.56. The lowest BCUT2D eigenvalue weighted by Gasteiger charge is -2.34. The lowest BCUT2D eigenvalue weighted by molar-refractivity contribution is -0.134. The first-order valence-corrected chi connectivity index (χ1v) is 13.2. The molecule has 1 fully saturated rings. The van der Waals surface area contributed by atoms with E-state index in [0.717, 1.165) is 25.8 Å². The number of nitrogens with zero attached hydrogens (tertiary/aromatic N) is 5. The summed E-state index contributed by atoms with van der Waals surface area (Å²) in [5, 5.41) is 22.2. The van der Waals surface area contributed by atoms with Gasteiger partial charge in [0.1, 0.15) is 5.75 Å². The van der Waals surface area contributed by atoms with Crippen molar-refractivity contribution in [2.75, 3.05) is 19.6 Å². The van der Waals surface area contributed by atoms with E-state index < -0.39 is 12.7 Å². The fourth-order valence-electron chi connectivity index (χ4n) is 4.62. The normalized spacial score (nSPS) is 19.5. The number of likely N-dealkylation sites (N-methyl/N-ethyl adjacent to an activating group) is 1. The van der Waals surface area contributed by atoms with Gasteiger partial charge in [-0.1, -0.05) is 41.8 Å². The molecule has 2 aromatic rings. The van der Waals surface area contributed by atoms with E-state index in [4.69, 9.17) is 28.3 Å². The van der Waals surface area contributed by atoms with Crippen LogP contribution in [0.25, 0.3) is 0 Å². The standard InChI is InChI=1S/C26H27Cl2F2N7O2/c1-2-36(24(38)21-8-3-4-11-32-21)22-14-37(35-23(22)16-9-10-19(27)20(28)12-16)26(33-15-31)34-17-6-5-7-18(13-17)39-25(29)30/h5-7,9-10,12-13,21-22,25,32H,2-4,8,11,14H2,1H3,(H,33,34)/t21-,22?/m1/s1. The van der Waals surface area contributed by atoms with E-state index in [-0.39, 0.29) is 35.9 Å². The number of carbonyl (C=O) groups is 1. The summed E-state index contributed by atoms with van der Waals surface area (Å²) in [7, 11) is 0. The number of aliphatic imine (C=N–C) groups is 1. The Balaban J connectivity index is 1.72. The Hall–Kier alpha value is -3.46. The van der Waals surface area contributed by atoms with E-state index in [0.29, 0.717) is 27.9 Å².